The summed E-state index contributed by atoms with van der Waals surface area (Å²) in [6, 6.07) is 8.76. The molecule has 0 saturated heterocycles. The number of carbonyl (C=O) groups excluding carboxylic acids is 1. The van der Waals surface area contributed by atoms with E-state index >= 15 is 0 Å². The lowest BCUT2D eigenvalue weighted by Crippen LogP contribution is -2.16. The Morgan fingerprint density at radius 3 is 2.57 bits per heavy atom. The number of benzene rings is 2. The van der Waals surface area contributed by atoms with Crippen LogP contribution in [0.2, 0.25) is 10.0 Å². The number of allylic oxidation sites excluding steroid dienone is 1. The lowest BCUT2D eigenvalue weighted by Gasteiger charge is -2.17. The maximum absolute atomic E-state index is 12.7. The molecule has 11 heteroatoms. The van der Waals surface area contributed by atoms with E-state index < -0.39 is 6.10 Å². The number of carbonyl (C=O) groups is 1. The van der Waals surface area contributed by atoms with Crippen LogP contribution in [0.4, 0.5) is 5.69 Å². The van der Waals surface area contributed by atoms with E-state index in [-0.39, 0.29) is 11.7 Å². The Hall–Kier alpha value is -2.88. The summed E-state index contributed by atoms with van der Waals surface area (Å²) in [5.41, 5.74) is 1.48. The van der Waals surface area contributed by atoms with Crippen LogP contribution in [0.3, 0.4) is 0 Å². The highest BCUT2D eigenvalue weighted by Gasteiger charge is 2.21. The molecule has 1 unspecified atom stereocenters. The molecule has 0 aliphatic heterocycles. The molecule has 8 nitrogen and oxygen atoms in total. The first kappa shape index (κ1) is 26.7. The highest BCUT2D eigenvalue weighted by molar-refractivity contribution is 7.99. The Morgan fingerprint density at radius 1 is 1.14 bits per heavy atom. The number of amides is 1. The molecular weight excluding hydrogens is 511 g/mol. The van der Waals surface area contributed by atoms with E-state index in [1.165, 1.54) is 26.0 Å². The predicted molar refractivity (Wildman–Crippen MR) is 139 cm³/mol. The van der Waals surface area contributed by atoms with E-state index in [1.54, 1.807) is 24.3 Å². The number of ether oxygens (including phenoxy) is 3. The van der Waals surface area contributed by atoms with Gasteiger partial charge in [0.1, 0.15) is 17.2 Å². The second-order valence-electron chi connectivity index (χ2n) is 7.46. The SMILES string of the molecule is C=CCn1c(SCC(=O)Nc2cc(OC)c(Cl)cc2OC)nnc1C(C)Oc1cc(C)ccc1Cl. The number of aromatic nitrogens is 3. The van der Waals surface area contributed by atoms with Crippen LogP contribution in [0.25, 0.3) is 0 Å². The summed E-state index contributed by atoms with van der Waals surface area (Å²) in [6.07, 6.45) is 1.30. The average molecular weight is 537 g/mol. The average Bonchev–Trinajstić information content (AvgIpc) is 3.23. The molecule has 35 heavy (non-hydrogen) atoms. The molecule has 0 spiro atoms. The van der Waals surface area contributed by atoms with Crippen LogP contribution < -0.4 is 19.5 Å². The van der Waals surface area contributed by atoms with Crippen LogP contribution in [-0.2, 0) is 11.3 Å². The van der Waals surface area contributed by atoms with E-state index in [0.717, 1.165) is 5.56 Å². The summed E-state index contributed by atoms with van der Waals surface area (Å²) in [6.45, 7) is 8.09. The molecule has 1 heterocycles. The number of hydrogen-bond donors (Lipinski definition) is 1. The first-order valence-electron chi connectivity index (χ1n) is 10.6. The van der Waals surface area contributed by atoms with Gasteiger partial charge in [-0.25, -0.2) is 0 Å². The number of methoxy groups -OCH3 is 2. The molecule has 1 aromatic heterocycles. The van der Waals surface area contributed by atoms with Gasteiger partial charge >= 0.3 is 0 Å². The number of nitrogens with zero attached hydrogens (tertiary/aromatic N) is 3. The molecule has 0 saturated carbocycles. The normalized spacial score (nSPS) is 11.6. The molecule has 186 valence electrons. The Labute approximate surface area is 218 Å². The van der Waals surface area contributed by atoms with Crippen molar-refractivity contribution in [1.29, 1.82) is 0 Å². The second-order valence-corrected chi connectivity index (χ2v) is 9.21. The quantitative estimate of drug-likeness (QED) is 0.238. The summed E-state index contributed by atoms with van der Waals surface area (Å²) in [5.74, 6) is 1.83. The Bertz CT molecular complexity index is 1220. The third-order valence-corrected chi connectivity index (χ3v) is 6.47. The third kappa shape index (κ3) is 6.62. The van der Waals surface area contributed by atoms with E-state index in [1.807, 2.05) is 30.5 Å². The molecule has 3 rings (SSSR count). The molecule has 0 fully saturated rings. The summed E-state index contributed by atoms with van der Waals surface area (Å²) in [4.78, 5) is 12.7. The lowest BCUT2D eigenvalue weighted by molar-refractivity contribution is -0.113. The molecule has 1 N–H and O–H groups in total. The van der Waals surface area contributed by atoms with Crippen LogP contribution >= 0.6 is 35.0 Å². The molecule has 0 aliphatic carbocycles. The van der Waals surface area contributed by atoms with Crippen LogP contribution in [0.1, 0.15) is 24.4 Å². The van der Waals surface area contributed by atoms with Crippen molar-refractivity contribution in [3.05, 3.63) is 64.4 Å². The molecule has 1 atom stereocenters. The van der Waals surface area contributed by atoms with E-state index in [9.17, 15) is 4.79 Å². The number of nitrogens with one attached hydrogen (secondary N) is 1. The maximum Gasteiger partial charge on any atom is 0.234 e. The van der Waals surface area contributed by atoms with Crippen molar-refractivity contribution in [3.63, 3.8) is 0 Å². The van der Waals surface area contributed by atoms with E-state index in [4.69, 9.17) is 37.4 Å². The topological polar surface area (TPSA) is 87.5 Å². The molecule has 0 aliphatic rings. The van der Waals surface area contributed by atoms with Gasteiger partial charge in [0.05, 0.1) is 35.7 Å². The number of halogens is 2. The molecule has 0 radical (unpaired) electrons. The van der Waals surface area contributed by atoms with Gasteiger partial charge in [-0.2, -0.15) is 0 Å². The number of anilines is 1. The standard InChI is InChI=1S/C24H26Cl2N4O4S/c1-6-9-30-23(15(3)34-20-10-14(2)7-8-16(20)25)28-29-24(30)35-13-22(31)27-18-12-19(32-4)17(26)11-21(18)33-5/h6-8,10-12,15H,1,9,13H2,2-5H3,(H,27,31). The molecular formula is C24H26Cl2N4O4S. The Balaban J connectivity index is 1.72. The molecule has 3 aromatic rings. The van der Waals surface area contributed by atoms with Crippen LogP contribution in [0, 0.1) is 6.92 Å². The summed E-state index contributed by atoms with van der Waals surface area (Å²) >= 11 is 13.7. The second kappa shape index (κ2) is 12.2. The summed E-state index contributed by atoms with van der Waals surface area (Å²) in [7, 11) is 2.99. The number of rotatable bonds is 11. The first-order chi connectivity index (χ1) is 16.8. The Morgan fingerprint density at radius 2 is 1.89 bits per heavy atom. The van der Waals surface area contributed by atoms with Crippen molar-refractivity contribution in [2.75, 3.05) is 25.3 Å². The van der Waals surface area contributed by atoms with Crippen molar-refractivity contribution >= 4 is 46.6 Å². The van der Waals surface area contributed by atoms with Gasteiger partial charge in [-0.15, -0.1) is 16.8 Å². The van der Waals surface area contributed by atoms with Crippen LogP contribution in [0.5, 0.6) is 17.2 Å². The van der Waals surface area contributed by atoms with Crippen molar-refractivity contribution < 1.29 is 19.0 Å². The van der Waals surface area contributed by atoms with Crippen molar-refractivity contribution in [2.45, 2.75) is 31.7 Å². The van der Waals surface area contributed by atoms with Gasteiger partial charge in [-0.1, -0.05) is 47.1 Å². The highest BCUT2D eigenvalue weighted by Crippen LogP contribution is 2.36. The first-order valence-corrected chi connectivity index (χ1v) is 12.3. The molecule has 1 amide bonds. The fourth-order valence-corrected chi connectivity index (χ4v) is 4.37. The van der Waals surface area contributed by atoms with Gasteiger partial charge in [0.15, 0.2) is 17.1 Å². The van der Waals surface area contributed by atoms with Crippen LogP contribution in [0.15, 0.2) is 48.1 Å². The largest absolute Gasteiger partial charge is 0.495 e. The predicted octanol–water partition coefficient (Wildman–Crippen LogP) is 5.97. The zero-order chi connectivity index (χ0) is 25.5. The summed E-state index contributed by atoms with van der Waals surface area (Å²) in [5, 5.41) is 12.8. The molecule has 0 bridgehead atoms. The van der Waals surface area contributed by atoms with Crippen molar-refractivity contribution in [1.82, 2.24) is 14.8 Å². The maximum atomic E-state index is 12.7. The van der Waals surface area contributed by atoms with Gasteiger partial charge in [0, 0.05) is 18.7 Å². The minimum Gasteiger partial charge on any atom is -0.495 e. The van der Waals surface area contributed by atoms with Gasteiger partial charge in [-0.3, -0.25) is 9.36 Å². The van der Waals surface area contributed by atoms with Crippen molar-refractivity contribution in [3.8, 4) is 17.2 Å². The van der Waals surface area contributed by atoms with Gasteiger partial charge in [0.25, 0.3) is 0 Å². The monoisotopic (exact) mass is 536 g/mol. The third-order valence-electron chi connectivity index (χ3n) is 4.89. The number of aryl methyl sites for hydroxylation is 1. The summed E-state index contributed by atoms with van der Waals surface area (Å²) < 4.78 is 18.4. The van der Waals surface area contributed by atoms with Crippen LogP contribution in [-0.4, -0.2) is 40.6 Å². The minimum atomic E-state index is -0.435. The fourth-order valence-electron chi connectivity index (χ4n) is 3.23. The zero-order valence-electron chi connectivity index (χ0n) is 19.8. The number of thioether (sulfide) groups is 1. The van der Waals surface area contributed by atoms with Gasteiger partial charge in [-0.05, 0) is 31.5 Å². The van der Waals surface area contributed by atoms with E-state index in [2.05, 4.69) is 22.1 Å². The van der Waals surface area contributed by atoms with Gasteiger partial charge in [0.2, 0.25) is 5.91 Å². The van der Waals surface area contributed by atoms with Gasteiger partial charge < -0.3 is 19.5 Å². The van der Waals surface area contributed by atoms with Crippen molar-refractivity contribution in [2.24, 2.45) is 0 Å². The smallest absolute Gasteiger partial charge is 0.234 e. The lowest BCUT2D eigenvalue weighted by atomic mass is 10.2. The molecule has 2 aromatic carbocycles. The fraction of sp³-hybridized carbons (Fsp3) is 0.292. The highest BCUT2D eigenvalue weighted by atomic mass is 35.5. The van der Waals surface area contributed by atoms with E-state index in [0.29, 0.717) is 50.5 Å². The zero-order valence-corrected chi connectivity index (χ0v) is 22.1. The number of hydrogen-bond acceptors (Lipinski definition) is 7. The Kier molecular flexibility index (Phi) is 9.31. The minimum absolute atomic E-state index is 0.0856.